The second kappa shape index (κ2) is 10.2. The van der Waals surface area contributed by atoms with E-state index in [9.17, 15) is 9.18 Å². The van der Waals surface area contributed by atoms with Gasteiger partial charge in [-0.15, -0.1) is 0 Å². The summed E-state index contributed by atoms with van der Waals surface area (Å²) >= 11 is 0. The van der Waals surface area contributed by atoms with Crippen molar-refractivity contribution in [3.05, 3.63) is 101 Å². The third-order valence-electron chi connectivity index (χ3n) is 5.79. The molecule has 4 rings (SSSR count). The molecular weight excluding hydrogens is 401 g/mol. The van der Waals surface area contributed by atoms with Crippen LogP contribution in [0.2, 0.25) is 0 Å². The molecule has 0 fully saturated rings. The SMILES string of the molecule is Cc1ccccc1Cn1c(CCCCCNC(=O)c2ccc(F)cc2)nc2ccccc21. The zero-order valence-electron chi connectivity index (χ0n) is 18.4. The molecule has 0 radical (unpaired) electrons. The van der Waals surface area contributed by atoms with Gasteiger partial charge in [-0.1, -0.05) is 42.8 Å². The van der Waals surface area contributed by atoms with E-state index in [1.165, 1.54) is 35.4 Å². The fraction of sp³-hybridized carbons (Fsp3) is 0.259. The summed E-state index contributed by atoms with van der Waals surface area (Å²) in [7, 11) is 0. The van der Waals surface area contributed by atoms with Crippen LogP contribution >= 0.6 is 0 Å². The summed E-state index contributed by atoms with van der Waals surface area (Å²) in [5.74, 6) is 0.602. The number of aromatic nitrogens is 2. The van der Waals surface area contributed by atoms with E-state index in [-0.39, 0.29) is 11.7 Å². The Morgan fingerprint density at radius 1 is 0.938 bits per heavy atom. The summed E-state index contributed by atoms with van der Waals surface area (Å²) in [6.07, 6.45) is 3.79. The van der Waals surface area contributed by atoms with Crippen LogP contribution in [0.25, 0.3) is 11.0 Å². The van der Waals surface area contributed by atoms with Gasteiger partial charge in [0.2, 0.25) is 0 Å². The van der Waals surface area contributed by atoms with E-state index in [1.54, 1.807) is 0 Å². The van der Waals surface area contributed by atoms with Gasteiger partial charge in [0.15, 0.2) is 0 Å². The number of fused-ring (bicyclic) bond motifs is 1. The number of amides is 1. The molecule has 0 atom stereocenters. The van der Waals surface area contributed by atoms with Crippen LogP contribution in [0.15, 0.2) is 72.8 Å². The van der Waals surface area contributed by atoms with Crippen molar-refractivity contribution in [1.29, 1.82) is 0 Å². The van der Waals surface area contributed by atoms with Crippen LogP contribution in [0.3, 0.4) is 0 Å². The van der Waals surface area contributed by atoms with Crippen molar-refractivity contribution in [3.8, 4) is 0 Å². The fourth-order valence-electron chi connectivity index (χ4n) is 3.94. The number of aryl methyl sites for hydroxylation is 2. The summed E-state index contributed by atoms with van der Waals surface area (Å²) in [6, 6.07) is 22.4. The molecule has 0 aliphatic heterocycles. The predicted octanol–water partition coefficient (Wildman–Crippen LogP) is 5.67. The Kier molecular flexibility index (Phi) is 6.95. The first-order valence-corrected chi connectivity index (χ1v) is 11.1. The summed E-state index contributed by atoms with van der Waals surface area (Å²) < 4.78 is 15.3. The molecule has 0 spiro atoms. The number of unbranched alkanes of at least 4 members (excludes halogenated alkanes) is 2. The lowest BCUT2D eigenvalue weighted by molar-refractivity contribution is 0.0953. The molecule has 4 nitrogen and oxygen atoms in total. The molecule has 3 aromatic carbocycles. The van der Waals surface area contributed by atoms with E-state index in [0.29, 0.717) is 12.1 Å². The van der Waals surface area contributed by atoms with Crippen LogP contribution in [0.4, 0.5) is 4.39 Å². The van der Waals surface area contributed by atoms with Crippen molar-refractivity contribution in [2.45, 2.75) is 39.2 Å². The van der Waals surface area contributed by atoms with E-state index in [0.717, 1.165) is 49.1 Å². The molecule has 0 bridgehead atoms. The highest BCUT2D eigenvalue weighted by molar-refractivity contribution is 5.94. The molecule has 0 unspecified atom stereocenters. The maximum absolute atomic E-state index is 13.0. The molecule has 0 saturated heterocycles. The van der Waals surface area contributed by atoms with Crippen LogP contribution < -0.4 is 5.32 Å². The average Bonchev–Trinajstić information content (AvgIpc) is 3.15. The third kappa shape index (κ3) is 5.22. The number of carbonyl (C=O) groups excluding carboxylic acids is 1. The van der Waals surface area contributed by atoms with E-state index in [2.05, 4.69) is 59.3 Å². The van der Waals surface area contributed by atoms with Gasteiger partial charge in [0.25, 0.3) is 5.91 Å². The predicted molar refractivity (Wildman–Crippen MR) is 126 cm³/mol. The van der Waals surface area contributed by atoms with Gasteiger partial charge in [0.1, 0.15) is 11.6 Å². The minimum Gasteiger partial charge on any atom is -0.352 e. The number of nitrogens with one attached hydrogen (secondary N) is 1. The van der Waals surface area contributed by atoms with Gasteiger partial charge >= 0.3 is 0 Å². The average molecular weight is 430 g/mol. The van der Waals surface area contributed by atoms with Crippen LogP contribution in [0, 0.1) is 12.7 Å². The highest BCUT2D eigenvalue weighted by atomic mass is 19.1. The first-order chi connectivity index (χ1) is 15.6. The number of nitrogens with zero attached hydrogens (tertiary/aromatic N) is 2. The molecule has 164 valence electrons. The van der Waals surface area contributed by atoms with E-state index in [4.69, 9.17) is 4.98 Å². The maximum Gasteiger partial charge on any atom is 0.251 e. The Bertz CT molecular complexity index is 1200. The summed E-state index contributed by atoms with van der Waals surface area (Å²) in [5.41, 5.74) is 5.27. The number of halogens is 1. The van der Waals surface area contributed by atoms with Crippen molar-refractivity contribution < 1.29 is 9.18 Å². The number of hydrogen-bond acceptors (Lipinski definition) is 2. The van der Waals surface area contributed by atoms with Crippen LogP contribution in [-0.2, 0) is 13.0 Å². The largest absolute Gasteiger partial charge is 0.352 e. The molecule has 1 heterocycles. The smallest absolute Gasteiger partial charge is 0.251 e. The normalized spacial score (nSPS) is 11.1. The van der Waals surface area contributed by atoms with Gasteiger partial charge in [-0.3, -0.25) is 4.79 Å². The Morgan fingerprint density at radius 2 is 1.69 bits per heavy atom. The molecule has 0 saturated carbocycles. The van der Waals surface area contributed by atoms with Crippen molar-refractivity contribution in [2.75, 3.05) is 6.54 Å². The summed E-state index contributed by atoms with van der Waals surface area (Å²) in [5, 5.41) is 2.91. The van der Waals surface area contributed by atoms with Crippen molar-refractivity contribution in [3.63, 3.8) is 0 Å². The molecule has 5 heteroatoms. The number of carbonyl (C=O) groups is 1. The molecule has 0 aliphatic carbocycles. The minimum atomic E-state index is -0.338. The highest BCUT2D eigenvalue weighted by Crippen LogP contribution is 2.20. The van der Waals surface area contributed by atoms with Gasteiger partial charge in [-0.25, -0.2) is 9.37 Å². The second-order valence-electron chi connectivity index (χ2n) is 8.10. The molecule has 4 aromatic rings. The Morgan fingerprint density at radius 3 is 2.50 bits per heavy atom. The number of benzene rings is 3. The lowest BCUT2D eigenvalue weighted by atomic mass is 10.1. The molecule has 1 amide bonds. The van der Waals surface area contributed by atoms with E-state index in [1.807, 2.05) is 6.07 Å². The highest BCUT2D eigenvalue weighted by Gasteiger charge is 2.12. The van der Waals surface area contributed by atoms with E-state index < -0.39 is 0 Å². The van der Waals surface area contributed by atoms with Crippen molar-refractivity contribution >= 4 is 16.9 Å². The zero-order chi connectivity index (χ0) is 22.3. The Labute approximate surface area is 188 Å². The van der Waals surface area contributed by atoms with Gasteiger partial charge in [-0.2, -0.15) is 0 Å². The van der Waals surface area contributed by atoms with Crippen molar-refractivity contribution in [2.24, 2.45) is 0 Å². The minimum absolute atomic E-state index is 0.162. The van der Waals surface area contributed by atoms with Gasteiger partial charge in [0.05, 0.1) is 11.0 Å². The van der Waals surface area contributed by atoms with Gasteiger partial charge < -0.3 is 9.88 Å². The van der Waals surface area contributed by atoms with Crippen LogP contribution in [0.5, 0.6) is 0 Å². The van der Waals surface area contributed by atoms with Gasteiger partial charge in [-0.05, 0) is 67.3 Å². The molecule has 32 heavy (non-hydrogen) atoms. The zero-order valence-corrected chi connectivity index (χ0v) is 18.4. The number of hydrogen-bond donors (Lipinski definition) is 1. The molecular formula is C27H28FN3O. The standard InChI is InChI=1S/C27H28FN3O/c1-20-9-4-5-10-22(20)19-31-25-12-7-6-11-24(25)30-26(31)13-3-2-8-18-29-27(32)21-14-16-23(28)17-15-21/h4-7,9-12,14-17H,2-3,8,13,18-19H2,1H3,(H,29,32). The monoisotopic (exact) mass is 429 g/mol. The van der Waals surface area contributed by atoms with E-state index >= 15 is 0 Å². The lowest BCUT2D eigenvalue weighted by Gasteiger charge is -2.12. The summed E-state index contributed by atoms with van der Waals surface area (Å²) in [4.78, 5) is 17.0. The quantitative estimate of drug-likeness (QED) is 0.348. The first kappa shape index (κ1) is 21.8. The fourth-order valence-corrected chi connectivity index (χ4v) is 3.94. The lowest BCUT2D eigenvalue weighted by Crippen LogP contribution is -2.24. The Hall–Kier alpha value is -3.47. The Balaban J connectivity index is 1.33. The molecule has 1 aromatic heterocycles. The second-order valence-corrected chi connectivity index (χ2v) is 8.10. The molecule has 0 aliphatic rings. The maximum atomic E-state index is 13.0. The first-order valence-electron chi connectivity index (χ1n) is 11.1. The van der Waals surface area contributed by atoms with Crippen LogP contribution in [-0.4, -0.2) is 22.0 Å². The number of imidazole rings is 1. The van der Waals surface area contributed by atoms with Gasteiger partial charge in [0, 0.05) is 25.1 Å². The number of para-hydroxylation sites is 2. The number of rotatable bonds is 9. The third-order valence-corrected chi connectivity index (χ3v) is 5.79. The summed E-state index contributed by atoms with van der Waals surface area (Å²) in [6.45, 7) is 3.57. The van der Waals surface area contributed by atoms with Crippen molar-refractivity contribution in [1.82, 2.24) is 14.9 Å². The molecule has 1 N–H and O–H groups in total. The van der Waals surface area contributed by atoms with Crippen LogP contribution in [0.1, 0.15) is 46.6 Å². The topological polar surface area (TPSA) is 46.9 Å².